The van der Waals surface area contributed by atoms with Crippen molar-refractivity contribution in [3.8, 4) is 5.75 Å². The number of aliphatic imine (C=N–C) groups is 1. The first kappa shape index (κ1) is 15.8. The van der Waals surface area contributed by atoms with E-state index >= 15 is 0 Å². The third-order valence-corrected chi connectivity index (χ3v) is 3.84. The molecule has 1 heterocycles. The van der Waals surface area contributed by atoms with Gasteiger partial charge in [-0.1, -0.05) is 0 Å². The lowest BCUT2D eigenvalue weighted by atomic mass is 10.1. The number of anilines is 1. The summed E-state index contributed by atoms with van der Waals surface area (Å²) in [5.74, 6) is 0.0184. The largest absolute Gasteiger partial charge is 0.507 e. The van der Waals surface area contributed by atoms with Gasteiger partial charge >= 0.3 is 5.63 Å². The molecule has 24 heavy (non-hydrogen) atoms. The molecule has 0 unspecified atom stereocenters. The van der Waals surface area contributed by atoms with Crippen LogP contribution in [0.4, 0.5) is 11.4 Å². The minimum absolute atomic E-state index is 0.0184. The molecule has 3 rings (SSSR count). The number of phenols is 1. The van der Waals surface area contributed by atoms with Gasteiger partial charge in [-0.2, -0.15) is 0 Å². The smallest absolute Gasteiger partial charge is 0.336 e. The van der Waals surface area contributed by atoms with Crippen LogP contribution in [0.2, 0.25) is 0 Å². The maximum atomic E-state index is 11.6. The van der Waals surface area contributed by atoms with Crippen LogP contribution in [0, 0.1) is 6.92 Å². The van der Waals surface area contributed by atoms with Crippen molar-refractivity contribution in [1.29, 1.82) is 0 Å². The average Bonchev–Trinajstić information content (AvgIpc) is 2.54. The predicted octanol–water partition coefficient (Wildman–Crippen LogP) is 3.62. The molecular formula is C19H18N2O3. The third-order valence-electron chi connectivity index (χ3n) is 3.84. The summed E-state index contributed by atoms with van der Waals surface area (Å²) >= 11 is 0. The molecule has 0 aliphatic rings. The summed E-state index contributed by atoms with van der Waals surface area (Å²) in [7, 11) is 3.94. The molecule has 0 amide bonds. The van der Waals surface area contributed by atoms with Gasteiger partial charge in [0, 0.05) is 37.4 Å². The fraction of sp³-hybridized carbons (Fsp3) is 0.158. The zero-order valence-electron chi connectivity index (χ0n) is 13.8. The van der Waals surface area contributed by atoms with Crippen molar-refractivity contribution in [2.24, 2.45) is 4.99 Å². The summed E-state index contributed by atoms with van der Waals surface area (Å²) in [5.41, 5.74) is 2.90. The fourth-order valence-corrected chi connectivity index (χ4v) is 2.49. The minimum Gasteiger partial charge on any atom is -0.507 e. The molecule has 0 bridgehead atoms. The highest BCUT2D eigenvalue weighted by Gasteiger charge is 2.10. The number of phenolic OH excluding ortho intramolecular Hbond substituents is 1. The number of aromatic hydroxyl groups is 1. The fourth-order valence-electron chi connectivity index (χ4n) is 2.49. The van der Waals surface area contributed by atoms with Crippen LogP contribution in [0.1, 0.15) is 11.1 Å². The monoisotopic (exact) mass is 322 g/mol. The summed E-state index contributed by atoms with van der Waals surface area (Å²) < 4.78 is 5.28. The van der Waals surface area contributed by atoms with Crippen LogP contribution in [0.25, 0.3) is 11.0 Å². The second-order valence-electron chi connectivity index (χ2n) is 5.79. The Morgan fingerprint density at radius 1 is 1.12 bits per heavy atom. The van der Waals surface area contributed by atoms with Gasteiger partial charge in [-0.3, -0.25) is 4.99 Å². The Kier molecular flexibility index (Phi) is 4.08. The first-order valence-electron chi connectivity index (χ1n) is 7.53. The molecule has 3 aromatic rings. The van der Waals surface area contributed by atoms with Crippen molar-refractivity contribution in [1.82, 2.24) is 0 Å². The number of nitrogens with zero attached hydrogens (tertiary/aromatic N) is 2. The second-order valence-corrected chi connectivity index (χ2v) is 5.79. The van der Waals surface area contributed by atoms with Gasteiger partial charge in [0.05, 0.1) is 11.3 Å². The summed E-state index contributed by atoms with van der Waals surface area (Å²) in [6, 6.07) is 12.4. The molecule has 2 aromatic carbocycles. The van der Waals surface area contributed by atoms with E-state index in [4.69, 9.17) is 4.42 Å². The topological polar surface area (TPSA) is 66.0 Å². The maximum absolute atomic E-state index is 11.6. The Hall–Kier alpha value is -3.08. The summed E-state index contributed by atoms with van der Waals surface area (Å²) in [6.07, 6.45) is 1.52. The molecule has 0 aliphatic carbocycles. The van der Waals surface area contributed by atoms with Gasteiger partial charge in [-0.25, -0.2) is 4.79 Å². The van der Waals surface area contributed by atoms with Crippen LogP contribution < -0.4 is 10.5 Å². The Bertz CT molecular complexity index is 970. The zero-order valence-corrected chi connectivity index (χ0v) is 13.8. The standard InChI is InChI=1S/C19H18N2O3/c1-12-10-18(23)24-19-15(12)8-9-17(22)16(19)11-20-13-4-6-14(7-5-13)21(2)3/h4-11,22H,1-3H3. The lowest BCUT2D eigenvalue weighted by molar-refractivity contribution is 0.472. The molecule has 122 valence electrons. The van der Waals surface area contributed by atoms with Crippen LogP contribution in [0.15, 0.2) is 56.7 Å². The first-order valence-corrected chi connectivity index (χ1v) is 7.53. The molecule has 5 nitrogen and oxygen atoms in total. The van der Waals surface area contributed by atoms with Gasteiger partial charge in [0.15, 0.2) is 5.58 Å². The molecule has 0 spiro atoms. The molecule has 0 saturated heterocycles. The van der Waals surface area contributed by atoms with Gasteiger partial charge in [0.25, 0.3) is 0 Å². The Morgan fingerprint density at radius 2 is 1.83 bits per heavy atom. The average molecular weight is 322 g/mol. The summed E-state index contributed by atoms with van der Waals surface area (Å²) in [4.78, 5) is 18.0. The lowest BCUT2D eigenvalue weighted by Crippen LogP contribution is -2.07. The van der Waals surface area contributed by atoms with Crippen molar-refractivity contribution in [2.75, 3.05) is 19.0 Å². The van der Waals surface area contributed by atoms with Crippen LogP contribution >= 0.6 is 0 Å². The molecule has 1 N–H and O–H groups in total. The molecule has 5 heteroatoms. The Balaban J connectivity index is 2.06. The molecule has 0 aliphatic heterocycles. The normalized spacial score (nSPS) is 11.3. The molecule has 0 radical (unpaired) electrons. The van der Waals surface area contributed by atoms with E-state index in [9.17, 15) is 9.90 Å². The van der Waals surface area contributed by atoms with Crippen LogP contribution in [-0.4, -0.2) is 25.4 Å². The second kappa shape index (κ2) is 6.20. The van der Waals surface area contributed by atoms with E-state index in [1.165, 1.54) is 12.3 Å². The molecule has 1 aromatic heterocycles. The van der Waals surface area contributed by atoms with Gasteiger partial charge < -0.3 is 14.4 Å². The van der Waals surface area contributed by atoms with Crippen LogP contribution in [0.5, 0.6) is 5.75 Å². The minimum atomic E-state index is -0.449. The number of aryl methyl sites for hydroxylation is 1. The van der Waals surface area contributed by atoms with Gasteiger partial charge in [-0.15, -0.1) is 0 Å². The SMILES string of the molecule is Cc1cc(=O)oc2c(C=Nc3ccc(N(C)C)cc3)c(O)ccc12. The number of hydrogen-bond donors (Lipinski definition) is 1. The number of benzene rings is 2. The van der Waals surface area contributed by atoms with E-state index < -0.39 is 5.63 Å². The van der Waals surface area contributed by atoms with E-state index in [1.807, 2.05) is 50.2 Å². The van der Waals surface area contributed by atoms with E-state index in [2.05, 4.69) is 4.99 Å². The number of rotatable bonds is 3. The molecular weight excluding hydrogens is 304 g/mol. The highest BCUT2D eigenvalue weighted by Crippen LogP contribution is 2.27. The van der Waals surface area contributed by atoms with Crippen LogP contribution in [0.3, 0.4) is 0 Å². The van der Waals surface area contributed by atoms with Crippen molar-refractivity contribution in [2.45, 2.75) is 6.92 Å². The molecule has 0 saturated carbocycles. The Labute approximate surface area is 139 Å². The predicted molar refractivity (Wildman–Crippen MR) is 96.9 cm³/mol. The van der Waals surface area contributed by atoms with Crippen molar-refractivity contribution >= 4 is 28.6 Å². The van der Waals surface area contributed by atoms with Gasteiger partial charge in [0.1, 0.15) is 5.75 Å². The van der Waals surface area contributed by atoms with Crippen molar-refractivity contribution in [3.05, 3.63) is 64.0 Å². The van der Waals surface area contributed by atoms with E-state index in [0.717, 1.165) is 22.3 Å². The molecule has 0 atom stereocenters. The maximum Gasteiger partial charge on any atom is 0.336 e. The Morgan fingerprint density at radius 3 is 2.50 bits per heavy atom. The zero-order chi connectivity index (χ0) is 17.3. The number of fused-ring (bicyclic) bond motifs is 1. The third kappa shape index (κ3) is 3.01. The summed E-state index contributed by atoms with van der Waals surface area (Å²) in [5, 5.41) is 10.9. The first-order chi connectivity index (χ1) is 11.5. The van der Waals surface area contributed by atoms with Gasteiger partial charge in [0.2, 0.25) is 0 Å². The van der Waals surface area contributed by atoms with E-state index in [0.29, 0.717) is 11.1 Å². The summed E-state index contributed by atoms with van der Waals surface area (Å²) in [6.45, 7) is 1.83. The highest BCUT2D eigenvalue weighted by molar-refractivity contribution is 6.00. The van der Waals surface area contributed by atoms with Crippen molar-refractivity contribution in [3.63, 3.8) is 0 Å². The van der Waals surface area contributed by atoms with Crippen molar-refractivity contribution < 1.29 is 9.52 Å². The van der Waals surface area contributed by atoms with Gasteiger partial charge in [-0.05, 0) is 48.9 Å². The van der Waals surface area contributed by atoms with E-state index in [1.54, 1.807) is 12.1 Å². The quantitative estimate of drug-likeness (QED) is 0.591. The number of hydrogen-bond acceptors (Lipinski definition) is 5. The lowest BCUT2D eigenvalue weighted by Gasteiger charge is -2.11. The molecule has 0 fully saturated rings. The van der Waals surface area contributed by atoms with Crippen LogP contribution in [-0.2, 0) is 0 Å². The van der Waals surface area contributed by atoms with E-state index in [-0.39, 0.29) is 5.75 Å². The highest BCUT2D eigenvalue weighted by atomic mass is 16.4.